The monoisotopic (exact) mass is 238 g/mol. The maximum absolute atomic E-state index is 10.1. The Balaban J connectivity index is 2.05. The largest absolute Gasteiger partial charge is 0.493 e. The molecule has 0 saturated carbocycles. The minimum atomic E-state index is -0.776. The summed E-state index contributed by atoms with van der Waals surface area (Å²) in [5.41, 5.74) is 0.977. The lowest BCUT2D eigenvalue weighted by Crippen LogP contribution is -2.37. The molecule has 0 radical (unpaired) electrons. The fraction of sp³-hybridized carbons (Fsp3) is 0.583. The van der Waals surface area contributed by atoms with Gasteiger partial charge in [-0.25, -0.2) is 0 Å². The minimum Gasteiger partial charge on any atom is -0.493 e. The van der Waals surface area contributed by atoms with Gasteiger partial charge in [-0.1, -0.05) is 0 Å². The van der Waals surface area contributed by atoms with Gasteiger partial charge in [-0.2, -0.15) is 0 Å². The van der Waals surface area contributed by atoms with Crippen molar-refractivity contribution in [3.63, 3.8) is 0 Å². The van der Waals surface area contributed by atoms with E-state index in [1.807, 2.05) is 13.0 Å². The summed E-state index contributed by atoms with van der Waals surface area (Å²) < 4.78 is 10.4. The fourth-order valence-corrected chi connectivity index (χ4v) is 1.84. The Labute approximate surface area is 101 Å². The molecule has 2 rings (SSSR count). The number of aliphatic hydroxyl groups is 1. The van der Waals surface area contributed by atoms with Crippen LogP contribution in [0.3, 0.4) is 0 Å². The van der Waals surface area contributed by atoms with Gasteiger partial charge in [0, 0.05) is 25.3 Å². The van der Waals surface area contributed by atoms with Crippen LogP contribution >= 0.6 is 0 Å². The van der Waals surface area contributed by atoms with Crippen molar-refractivity contribution in [1.82, 2.24) is 4.98 Å². The number of aromatic nitrogens is 1. The molecule has 1 aliphatic rings. The van der Waals surface area contributed by atoms with Gasteiger partial charge in [0.1, 0.15) is 5.60 Å². The summed E-state index contributed by atoms with van der Waals surface area (Å²) in [7, 11) is 1.60. The standard InChI is InChI=1S/C12H18N2O3/c1-9-5-10(11(16-2)6-13-9)14-7-12(15)3-4-17-8-12/h5-6,15H,3-4,7-8H2,1-2H3,(H,13,14). The molecule has 1 aliphatic heterocycles. The Morgan fingerprint density at radius 3 is 3.12 bits per heavy atom. The molecule has 5 heteroatoms. The molecule has 0 aromatic carbocycles. The predicted molar refractivity (Wildman–Crippen MR) is 64.4 cm³/mol. The number of methoxy groups -OCH3 is 1. The molecule has 1 aromatic heterocycles. The van der Waals surface area contributed by atoms with Crippen molar-refractivity contribution in [2.75, 3.05) is 32.2 Å². The van der Waals surface area contributed by atoms with Gasteiger partial charge in [-0.3, -0.25) is 4.98 Å². The van der Waals surface area contributed by atoms with E-state index >= 15 is 0 Å². The van der Waals surface area contributed by atoms with Crippen LogP contribution in [0.4, 0.5) is 5.69 Å². The quantitative estimate of drug-likeness (QED) is 0.818. The van der Waals surface area contributed by atoms with Gasteiger partial charge >= 0.3 is 0 Å². The Bertz CT molecular complexity index is 389. The SMILES string of the molecule is COc1cnc(C)cc1NCC1(O)CCOC1. The molecular weight excluding hydrogens is 220 g/mol. The number of pyridine rings is 1. The van der Waals surface area contributed by atoms with Crippen molar-refractivity contribution in [2.45, 2.75) is 18.9 Å². The van der Waals surface area contributed by atoms with Gasteiger partial charge in [0.25, 0.3) is 0 Å². The third kappa shape index (κ3) is 2.87. The highest BCUT2D eigenvalue weighted by Gasteiger charge is 2.32. The normalized spacial score (nSPS) is 23.7. The molecule has 94 valence electrons. The second kappa shape index (κ2) is 4.89. The van der Waals surface area contributed by atoms with Crippen LogP contribution in [-0.2, 0) is 4.74 Å². The Morgan fingerprint density at radius 1 is 1.65 bits per heavy atom. The first-order valence-electron chi connectivity index (χ1n) is 5.68. The number of nitrogens with zero attached hydrogens (tertiary/aromatic N) is 1. The summed E-state index contributed by atoms with van der Waals surface area (Å²) in [5.74, 6) is 0.679. The van der Waals surface area contributed by atoms with Crippen molar-refractivity contribution < 1.29 is 14.6 Å². The highest BCUT2D eigenvalue weighted by Crippen LogP contribution is 2.25. The number of hydrogen-bond donors (Lipinski definition) is 2. The Hall–Kier alpha value is -1.33. The van der Waals surface area contributed by atoms with Crippen LogP contribution in [0.2, 0.25) is 0 Å². The fourth-order valence-electron chi connectivity index (χ4n) is 1.84. The van der Waals surface area contributed by atoms with Crippen LogP contribution in [0, 0.1) is 6.92 Å². The summed E-state index contributed by atoms with van der Waals surface area (Å²) in [6, 6.07) is 1.90. The van der Waals surface area contributed by atoms with Crippen molar-refractivity contribution in [3.05, 3.63) is 18.0 Å². The lowest BCUT2D eigenvalue weighted by atomic mass is 10.0. The molecule has 2 N–H and O–H groups in total. The van der Waals surface area contributed by atoms with E-state index in [0.717, 1.165) is 11.4 Å². The first-order valence-corrected chi connectivity index (χ1v) is 5.68. The zero-order valence-corrected chi connectivity index (χ0v) is 10.2. The molecule has 1 aromatic rings. The van der Waals surface area contributed by atoms with Crippen molar-refractivity contribution in [3.8, 4) is 5.75 Å². The van der Waals surface area contributed by atoms with Gasteiger partial charge in [0.05, 0.1) is 25.6 Å². The second-order valence-electron chi connectivity index (χ2n) is 4.41. The number of nitrogens with one attached hydrogen (secondary N) is 1. The molecule has 0 bridgehead atoms. The number of ether oxygens (including phenoxy) is 2. The average Bonchev–Trinajstić information content (AvgIpc) is 2.74. The van der Waals surface area contributed by atoms with Crippen molar-refractivity contribution >= 4 is 5.69 Å². The maximum atomic E-state index is 10.1. The summed E-state index contributed by atoms with van der Waals surface area (Å²) in [6.07, 6.45) is 2.33. The lowest BCUT2D eigenvalue weighted by molar-refractivity contribution is 0.0381. The van der Waals surface area contributed by atoms with Gasteiger partial charge < -0.3 is 19.9 Å². The molecule has 2 heterocycles. The predicted octanol–water partition coefficient (Wildman–Crippen LogP) is 0.962. The van der Waals surface area contributed by atoms with Crippen LogP contribution in [0.15, 0.2) is 12.3 Å². The van der Waals surface area contributed by atoms with Crippen molar-refractivity contribution in [1.29, 1.82) is 0 Å². The van der Waals surface area contributed by atoms with E-state index in [9.17, 15) is 5.11 Å². The molecule has 1 saturated heterocycles. The number of rotatable bonds is 4. The molecule has 17 heavy (non-hydrogen) atoms. The third-order valence-electron chi connectivity index (χ3n) is 2.91. The van der Waals surface area contributed by atoms with Crippen LogP contribution < -0.4 is 10.1 Å². The number of anilines is 1. The highest BCUT2D eigenvalue weighted by molar-refractivity contribution is 5.56. The van der Waals surface area contributed by atoms with E-state index in [1.165, 1.54) is 0 Å². The molecule has 0 aliphatic carbocycles. The number of hydrogen-bond acceptors (Lipinski definition) is 5. The molecule has 1 atom stereocenters. The molecule has 1 unspecified atom stereocenters. The minimum absolute atomic E-state index is 0.381. The molecule has 5 nitrogen and oxygen atoms in total. The van der Waals surface area contributed by atoms with Gasteiger partial charge in [-0.05, 0) is 13.0 Å². The lowest BCUT2D eigenvalue weighted by Gasteiger charge is -2.22. The molecular formula is C12H18N2O3. The van der Waals surface area contributed by atoms with E-state index in [1.54, 1.807) is 13.3 Å². The summed E-state index contributed by atoms with van der Waals surface area (Å²) >= 11 is 0. The second-order valence-corrected chi connectivity index (χ2v) is 4.41. The van der Waals surface area contributed by atoms with E-state index in [2.05, 4.69) is 10.3 Å². The summed E-state index contributed by atoms with van der Waals surface area (Å²) in [5, 5.41) is 13.3. The number of aryl methyl sites for hydroxylation is 1. The van der Waals surface area contributed by atoms with Crippen molar-refractivity contribution in [2.24, 2.45) is 0 Å². The van der Waals surface area contributed by atoms with E-state index < -0.39 is 5.60 Å². The maximum Gasteiger partial charge on any atom is 0.160 e. The van der Waals surface area contributed by atoms with Gasteiger partial charge in [0.15, 0.2) is 5.75 Å². The van der Waals surface area contributed by atoms with E-state index in [0.29, 0.717) is 31.9 Å². The zero-order valence-electron chi connectivity index (χ0n) is 10.2. The molecule has 0 amide bonds. The topological polar surface area (TPSA) is 63.6 Å². The van der Waals surface area contributed by atoms with Crippen LogP contribution in [0.5, 0.6) is 5.75 Å². The van der Waals surface area contributed by atoms with E-state index in [4.69, 9.17) is 9.47 Å². The first kappa shape index (κ1) is 12.1. The Kier molecular flexibility index (Phi) is 3.49. The van der Waals surface area contributed by atoms with Crippen LogP contribution in [-0.4, -0.2) is 42.6 Å². The van der Waals surface area contributed by atoms with E-state index in [-0.39, 0.29) is 0 Å². The third-order valence-corrected chi connectivity index (χ3v) is 2.91. The molecule has 0 spiro atoms. The van der Waals surface area contributed by atoms with Gasteiger partial charge in [-0.15, -0.1) is 0 Å². The zero-order chi connectivity index (χ0) is 12.3. The average molecular weight is 238 g/mol. The summed E-state index contributed by atoms with van der Waals surface area (Å²) in [6.45, 7) is 3.36. The van der Waals surface area contributed by atoms with Gasteiger partial charge in [0.2, 0.25) is 0 Å². The van der Waals surface area contributed by atoms with Crippen LogP contribution in [0.1, 0.15) is 12.1 Å². The molecule has 1 fully saturated rings. The first-order chi connectivity index (χ1) is 8.13. The Morgan fingerprint density at radius 2 is 2.47 bits per heavy atom. The smallest absolute Gasteiger partial charge is 0.160 e. The van der Waals surface area contributed by atoms with Crippen LogP contribution in [0.25, 0.3) is 0 Å². The highest BCUT2D eigenvalue weighted by atomic mass is 16.5. The summed E-state index contributed by atoms with van der Waals surface area (Å²) in [4.78, 5) is 4.16.